The number of benzene rings is 1. The first-order valence-corrected chi connectivity index (χ1v) is 6.12. The molecule has 1 aliphatic carbocycles. The van der Waals surface area contributed by atoms with Gasteiger partial charge in [0.25, 0.3) is 0 Å². The summed E-state index contributed by atoms with van der Waals surface area (Å²) in [6.45, 7) is 1.97. The van der Waals surface area contributed by atoms with Crippen molar-refractivity contribution in [3.05, 3.63) is 35.4 Å². The van der Waals surface area contributed by atoms with E-state index in [1.165, 1.54) is 12.8 Å². The lowest BCUT2D eigenvalue weighted by Crippen LogP contribution is -2.21. The van der Waals surface area contributed by atoms with Gasteiger partial charge in [-0.3, -0.25) is 4.79 Å². The van der Waals surface area contributed by atoms with Gasteiger partial charge < -0.3 is 10.0 Å². The molecule has 0 atom stereocenters. The molecule has 1 aromatic rings. The highest BCUT2D eigenvalue weighted by molar-refractivity contribution is 5.70. The second-order valence-corrected chi connectivity index (χ2v) is 4.98. The van der Waals surface area contributed by atoms with E-state index in [-0.39, 0.29) is 6.42 Å². The van der Waals surface area contributed by atoms with E-state index in [0.29, 0.717) is 0 Å². The average molecular weight is 233 g/mol. The largest absolute Gasteiger partial charge is 0.481 e. The van der Waals surface area contributed by atoms with Gasteiger partial charge in [-0.05, 0) is 36.9 Å². The van der Waals surface area contributed by atoms with Crippen LogP contribution in [-0.2, 0) is 17.8 Å². The summed E-state index contributed by atoms with van der Waals surface area (Å²) in [6, 6.07) is 7.82. The highest BCUT2D eigenvalue weighted by Gasteiger charge is 2.22. The van der Waals surface area contributed by atoms with Gasteiger partial charge in [-0.25, -0.2) is 0 Å². The molecule has 3 nitrogen and oxygen atoms in total. The molecular formula is C14H19NO2. The fourth-order valence-corrected chi connectivity index (χ4v) is 2.14. The summed E-state index contributed by atoms with van der Waals surface area (Å²) < 4.78 is 0. The van der Waals surface area contributed by atoms with Crippen molar-refractivity contribution in [1.29, 1.82) is 0 Å². The van der Waals surface area contributed by atoms with Crippen molar-refractivity contribution < 1.29 is 9.90 Å². The Morgan fingerprint density at radius 3 is 2.59 bits per heavy atom. The first-order chi connectivity index (χ1) is 8.15. The zero-order chi connectivity index (χ0) is 12.3. The third-order valence-corrected chi connectivity index (χ3v) is 3.17. The minimum absolute atomic E-state index is 0.118. The van der Waals surface area contributed by atoms with E-state index >= 15 is 0 Å². The van der Waals surface area contributed by atoms with Crippen LogP contribution in [0.5, 0.6) is 0 Å². The molecule has 92 valence electrons. The Labute approximate surface area is 102 Å². The molecule has 0 aliphatic heterocycles. The number of carboxylic acid groups (broad SMARTS) is 1. The van der Waals surface area contributed by atoms with E-state index in [2.05, 4.69) is 11.9 Å². The predicted octanol–water partition coefficient (Wildman–Crippen LogP) is 2.16. The number of carbonyl (C=O) groups is 1. The average Bonchev–Trinajstić information content (AvgIpc) is 3.04. The van der Waals surface area contributed by atoms with Gasteiger partial charge >= 0.3 is 5.97 Å². The van der Waals surface area contributed by atoms with Crippen molar-refractivity contribution >= 4 is 5.97 Å². The standard InChI is InChI=1S/C14H19NO2/c1-15(9-11-6-7-11)10-13-5-3-2-4-12(13)8-14(16)17/h2-5,11H,6-10H2,1H3,(H,16,17). The SMILES string of the molecule is CN(Cc1ccccc1CC(=O)O)CC1CC1. The minimum atomic E-state index is -0.762. The van der Waals surface area contributed by atoms with Crippen molar-refractivity contribution in [2.45, 2.75) is 25.8 Å². The number of hydrogen-bond donors (Lipinski definition) is 1. The topological polar surface area (TPSA) is 40.5 Å². The molecule has 0 heterocycles. The number of aliphatic carboxylic acids is 1. The summed E-state index contributed by atoms with van der Waals surface area (Å²) in [6.07, 6.45) is 2.82. The predicted molar refractivity (Wildman–Crippen MR) is 66.8 cm³/mol. The van der Waals surface area contributed by atoms with Crippen LogP contribution in [0.25, 0.3) is 0 Å². The molecule has 1 fully saturated rings. The number of rotatable bonds is 6. The van der Waals surface area contributed by atoms with Gasteiger partial charge in [0, 0.05) is 13.1 Å². The lowest BCUT2D eigenvalue weighted by molar-refractivity contribution is -0.136. The highest BCUT2D eigenvalue weighted by atomic mass is 16.4. The van der Waals surface area contributed by atoms with Crippen LogP contribution in [0.4, 0.5) is 0 Å². The van der Waals surface area contributed by atoms with Crippen molar-refractivity contribution in [2.24, 2.45) is 5.92 Å². The Hall–Kier alpha value is -1.35. The molecule has 0 spiro atoms. The van der Waals surface area contributed by atoms with E-state index in [9.17, 15) is 4.79 Å². The first kappa shape index (κ1) is 12.1. The molecule has 1 saturated carbocycles. The van der Waals surface area contributed by atoms with Crippen molar-refractivity contribution in [1.82, 2.24) is 4.90 Å². The molecule has 0 saturated heterocycles. The summed E-state index contributed by atoms with van der Waals surface area (Å²) in [7, 11) is 2.11. The van der Waals surface area contributed by atoms with Gasteiger partial charge in [-0.15, -0.1) is 0 Å². The van der Waals surface area contributed by atoms with E-state index < -0.39 is 5.97 Å². The van der Waals surface area contributed by atoms with Gasteiger partial charge in [-0.2, -0.15) is 0 Å². The van der Waals surface area contributed by atoms with Crippen LogP contribution in [0.1, 0.15) is 24.0 Å². The molecule has 0 bridgehead atoms. The summed E-state index contributed by atoms with van der Waals surface area (Å²) in [5.41, 5.74) is 2.07. The van der Waals surface area contributed by atoms with Crippen molar-refractivity contribution in [2.75, 3.05) is 13.6 Å². The van der Waals surface area contributed by atoms with Gasteiger partial charge in [0.15, 0.2) is 0 Å². The van der Waals surface area contributed by atoms with Crippen LogP contribution in [0.15, 0.2) is 24.3 Å². The number of nitrogens with zero attached hydrogens (tertiary/aromatic N) is 1. The normalized spacial score (nSPS) is 15.2. The fourth-order valence-electron chi connectivity index (χ4n) is 2.14. The van der Waals surface area contributed by atoms with Crippen LogP contribution in [0.2, 0.25) is 0 Å². The van der Waals surface area contributed by atoms with E-state index in [1.54, 1.807) is 0 Å². The summed E-state index contributed by atoms with van der Waals surface area (Å²) >= 11 is 0. The van der Waals surface area contributed by atoms with Crippen LogP contribution in [0, 0.1) is 5.92 Å². The van der Waals surface area contributed by atoms with Gasteiger partial charge in [-0.1, -0.05) is 24.3 Å². The van der Waals surface area contributed by atoms with Gasteiger partial charge in [0.1, 0.15) is 0 Å². The zero-order valence-corrected chi connectivity index (χ0v) is 10.2. The Balaban J connectivity index is 1.99. The quantitative estimate of drug-likeness (QED) is 0.818. The van der Waals surface area contributed by atoms with Crippen LogP contribution in [-0.4, -0.2) is 29.6 Å². The van der Waals surface area contributed by atoms with E-state index in [0.717, 1.165) is 30.1 Å². The smallest absolute Gasteiger partial charge is 0.307 e. The monoisotopic (exact) mass is 233 g/mol. The second-order valence-electron chi connectivity index (χ2n) is 4.98. The summed E-state index contributed by atoms with van der Waals surface area (Å²) in [4.78, 5) is 13.1. The Morgan fingerprint density at radius 1 is 1.35 bits per heavy atom. The molecule has 1 aromatic carbocycles. The molecule has 1 N–H and O–H groups in total. The minimum Gasteiger partial charge on any atom is -0.481 e. The van der Waals surface area contributed by atoms with E-state index in [4.69, 9.17) is 5.11 Å². The highest BCUT2D eigenvalue weighted by Crippen LogP contribution is 2.29. The second kappa shape index (κ2) is 5.32. The summed E-state index contributed by atoms with van der Waals surface area (Å²) in [5.74, 6) is 0.105. The number of carboxylic acids is 1. The third-order valence-electron chi connectivity index (χ3n) is 3.17. The van der Waals surface area contributed by atoms with Crippen LogP contribution < -0.4 is 0 Å². The van der Waals surface area contributed by atoms with Gasteiger partial charge in [0.2, 0.25) is 0 Å². The zero-order valence-electron chi connectivity index (χ0n) is 10.2. The molecule has 0 aromatic heterocycles. The maximum Gasteiger partial charge on any atom is 0.307 e. The fraction of sp³-hybridized carbons (Fsp3) is 0.500. The van der Waals surface area contributed by atoms with E-state index in [1.807, 2.05) is 24.3 Å². The first-order valence-electron chi connectivity index (χ1n) is 6.12. The molecule has 2 rings (SSSR count). The Kier molecular flexibility index (Phi) is 3.79. The molecule has 0 amide bonds. The molecule has 3 heteroatoms. The lowest BCUT2D eigenvalue weighted by atomic mass is 10.0. The molecule has 0 radical (unpaired) electrons. The molecule has 0 unspecified atom stereocenters. The van der Waals surface area contributed by atoms with Crippen LogP contribution in [0.3, 0.4) is 0 Å². The molecule has 17 heavy (non-hydrogen) atoms. The van der Waals surface area contributed by atoms with Crippen molar-refractivity contribution in [3.63, 3.8) is 0 Å². The molecular weight excluding hydrogens is 214 g/mol. The summed E-state index contributed by atoms with van der Waals surface area (Å²) in [5, 5.41) is 8.87. The maximum absolute atomic E-state index is 10.8. The van der Waals surface area contributed by atoms with Crippen molar-refractivity contribution in [3.8, 4) is 0 Å². The maximum atomic E-state index is 10.8. The third kappa shape index (κ3) is 3.86. The lowest BCUT2D eigenvalue weighted by Gasteiger charge is -2.18. The van der Waals surface area contributed by atoms with Crippen LogP contribution >= 0.6 is 0 Å². The Bertz CT molecular complexity index is 399. The Morgan fingerprint density at radius 2 is 2.00 bits per heavy atom. The van der Waals surface area contributed by atoms with Gasteiger partial charge in [0.05, 0.1) is 6.42 Å². The number of hydrogen-bond acceptors (Lipinski definition) is 2. The molecule has 1 aliphatic rings.